The highest BCUT2D eigenvalue weighted by Crippen LogP contribution is 2.12. The van der Waals surface area contributed by atoms with E-state index in [2.05, 4.69) is 32.6 Å². The van der Waals surface area contributed by atoms with E-state index in [0.29, 0.717) is 6.54 Å². The number of hydrogen-bond donors (Lipinski definition) is 2. The molecule has 0 fully saturated rings. The Labute approximate surface area is 113 Å². The summed E-state index contributed by atoms with van der Waals surface area (Å²) in [6.45, 7) is 5.63. The molecule has 0 spiro atoms. The van der Waals surface area contributed by atoms with Crippen LogP contribution in [0.4, 0.5) is 11.6 Å². The molecular weight excluding hydrogens is 240 g/mol. The summed E-state index contributed by atoms with van der Waals surface area (Å²) in [5.74, 6) is 2.45. The van der Waals surface area contributed by atoms with Crippen LogP contribution in [0.2, 0.25) is 0 Å². The van der Waals surface area contributed by atoms with E-state index in [1.54, 1.807) is 6.20 Å². The first-order valence-corrected chi connectivity index (χ1v) is 6.49. The van der Waals surface area contributed by atoms with Gasteiger partial charge in [-0.1, -0.05) is 6.92 Å². The zero-order valence-electron chi connectivity index (χ0n) is 11.6. The Hall–Kier alpha value is -2.11. The molecule has 2 rings (SSSR count). The summed E-state index contributed by atoms with van der Waals surface area (Å²) in [6.07, 6.45) is 2.86. The van der Waals surface area contributed by atoms with E-state index in [0.717, 1.165) is 36.1 Å². The highest BCUT2D eigenvalue weighted by atomic mass is 15.3. The van der Waals surface area contributed by atoms with Crippen molar-refractivity contribution < 1.29 is 0 Å². The molecule has 0 saturated carbocycles. The zero-order valence-corrected chi connectivity index (χ0v) is 11.6. The van der Waals surface area contributed by atoms with Gasteiger partial charge in [0.2, 0.25) is 0 Å². The van der Waals surface area contributed by atoms with Gasteiger partial charge in [-0.25, -0.2) is 9.97 Å². The average Bonchev–Trinajstić information content (AvgIpc) is 2.79. The van der Waals surface area contributed by atoms with Gasteiger partial charge in [0.05, 0.1) is 12.2 Å². The number of anilines is 2. The van der Waals surface area contributed by atoms with Crippen molar-refractivity contribution in [2.24, 2.45) is 7.05 Å². The first-order valence-electron chi connectivity index (χ1n) is 6.49. The standard InChI is InChI=1S/C13H20N6/c1-4-6-14-12-8-13(18-10(2)17-12)15-9-11-5-7-16-19(11)3/h5,7-8H,4,6,9H2,1-3H3,(H2,14,15,17,18). The fourth-order valence-corrected chi connectivity index (χ4v) is 1.76. The Balaban J connectivity index is 2.03. The number of aryl methyl sites for hydroxylation is 2. The van der Waals surface area contributed by atoms with Crippen LogP contribution < -0.4 is 10.6 Å². The molecule has 6 nitrogen and oxygen atoms in total. The van der Waals surface area contributed by atoms with Gasteiger partial charge in [-0.2, -0.15) is 5.10 Å². The summed E-state index contributed by atoms with van der Waals surface area (Å²) in [5, 5.41) is 10.7. The normalized spacial score (nSPS) is 10.5. The molecule has 0 aliphatic carbocycles. The Kier molecular flexibility index (Phi) is 4.33. The SMILES string of the molecule is CCCNc1cc(NCc2ccnn2C)nc(C)n1. The zero-order chi connectivity index (χ0) is 13.7. The van der Waals surface area contributed by atoms with Gasteiger partial charge in [0.15, 0.2) is 0 Å². The Morgan fingerprint density at radius 2 is 1.95 bits per heavy atom. The minimum absolute atomic E-state index is 0.695. The predicted octanol–water partition coefficient (Wildman–Crippen LogP) is 1.95. The van der Waals surface area contributed by atoms with Crippen molar-refractivity contribution in [1.29, 1.82) is 0 Å². The first-order chi connectivity index (χ1) is 9.19. The first kappa shape index (κ1) is 13.3. The Bertz CT molecular complexity index is 534. The molecule has 0 amide bonds. The van der Waals surface area contributed by atoms with Crippen molar-refractivity contribution in [2.75, 3.05) is 17.2 Å². The predicted molar refractivity (Wildman–Crippen MR) is 76.1 cm³/mol. The second-order valence-corrected chi connectivity index (χ2v) is 4.41. The van der Waals surface area contributed by atoms with E-state index in [4.69, 9.17) is 0 Å². The van der Waals surface area contributed by atoms with Crippen LogP contribution in [0.5, 0.6) is 0 Å². The van der Waals surface area contributed by atoms with Crippen molar-refractivity contribution in [3.8, 4) is 0 Å². The van der Waals surface area contributed by atoms with Gasteiger partial charge in [-0.3, -0.25) is 4.68 Å². The van der Waals surface area contributed by atoms with Crippen LogP contribution in [0.15, 0.2) is 18.3 Å². The third kappa shape index (κ3) is 3.67. The maximum Gasteiger partial charge on any atom is 0.132 e. The van der Waals surface area contributed by atoms with Crippen LogP contribution in [0.25, 0.3) is 0 Å². The number of nitrogens with zero attached hydrogens (tertiary/aromatic N) is 4. The van der Waals surface area contributed by atoms with Crippen LogP contribution in [0, 0.1) is 6.92 Å². The number of hydrogen-bond acceptors (Lipinski definition) is 5. The summed E-state index contributed by atoms with van der Waals surface area (Å²) >= 11 is 0. The van der Waals surface area contributed by atoms with Gasteiger partial charge >= 0.3 is 0 Å². The lowest BCUT2D eigenvalue weighted by Crippen LogP contribution is -2.09. The summed E-state index contributed by atoms with van der Waals surface area (Å²) in [6, 6.07) is 3.91. The summed E-state index contributed by atoms with van der Waals surface area (Å²) in [5.41, 5.74) is 1.11. The van der Waals surface area contributed by atoms with Gasteiger partial charge in [0, 0.05) is 25.9 Å². The van der Waals surface area contributed by atoms with Gasteiger partial charge in [-0.15, -0.1) is 0 Å². The molecule has 2 heterocycles. The quantitative estimate of drug-likeness (QED) is 0.831. The van der Waals surface area contributed by atoms with Crippen LogP contribution in [-0.4, -0.2) is 26.3 Å². The smallest absolute Gasteiger partial charge is 0.132 e. The molecule has 0 radical (unpaired) electrons. The van der Waals surface area contributed by atoms with Gasteiger partial charge < -0.3 is 10.6 Å². The third-order valence-electron chi connectivity index (χ3n) is 2.77. The van der Waals surface area contributed by atoms with Crippen LogP contribution >= 0.6 is 0 Å². The lowest BCUT2D eigenvalue weighted by atomic mass is 10.4. The van der Waals surface area contributed by atoms with Gasteiger partial charge in [0.25, 0.3) is 0 Å². The minimum Gasteiger partial charge on any atom is -0.370 e. The van der Waals surface area contributed by atoms with Crippen LogP contribution in [-0.2, 0) is 13.6 Å². The van der Waals surface area contributed by atoms with Crippen molar-refractivity contribution >= 4 is 11.6 Å². The molecule has 2 aromatic rings. The number of aromatic nitrogens is 4. The Morgan fingerprint density at radius 1 is 1.21 bits per heavy atom. The largest absolute Gasteiger partial charge is 0.370 e. The molecule has 6 heteroatoms. The van der Waals surface area contributed by atoms with Crippen molar-refractivity contribution in [3.05, 3.63) is 29.8 Å². The molecule has 0 aromatic carbocycles. The van der Waals surface area contributed by atoms with E-state index < -0.39 is 0 Å². The van der Waals surface area contributed by atoms with E-state index in [9.17, 15) is 0 Å². The molecule has 19 heavy (non-hydrogen) atoms. The molecule has 0 bridgehead atoms. The number of nitrogens with one attached hydrogen (secondary N) is 2. The van der Waals surface area contributed by atoms with E-state index in [1.807, 2.05) is 30.8 Å². The van der Waals surface area contributed by atoms with E-state index >= 15 is 0 Å². The topological polar surface area (TPSA) is 67.7 Å². The Morgan fingerprint density at radius 3 is 2.58 bits per heavy atom. The summed E-state index contributed by atoms with van der Waals surface area (Å²) in [7, 11) is 1.93. The van der Waals surface area contributed by atoms with Crippen molar-refractivity contribution in [2.45, 2.75) is 26.8 Å². The highest BCUT2D eigenvalue weighted by molar-refractivity contribution is 5.47. The molecule has 0 saturated heterocycles. The average molecular weight is 260 g/mol. The summed E-state index contributed by atoms with van der Waals surface area (Å²) < 4.78 is 1.84. The van der Waals surface area contributed by atoms with Crippen molar-refractivity contribution in [3.63, 3.8) is 0 Å². The molecular formula is C13H20N6. The highest BCUT2D eigenvalue weighted by Gasteiger charge is 2.03. The van der Waals surface area contributed by atoms with Crippen LogP contribution in [0.3, 0.4) is 0 Å². The van der Waals surface area contributed by atoms with Crippen LogP contribution in [0.1, 0.15) is 24.9 Å². The number of rotatable bonds is 6. The minimum atomic E-state index is 0.695. The molecule has 102 valence electrons. The third-order valence-corrected chi connectivity index (χ3v) is 2.77. The second-order valence-electron chi connectivity index (χ2n) is 4.41. The van der Waals surface area contributed by atoms with E-state index in [1.165, 1.54) is 0 Å². The fourth-order valence-electron chi connectivity index (χ4n) is 1.76. The lowest BCUT2D eigenvalue weighted by Gasteiger charge is -2.09. The van der Waals surface area contributed by atoms with Crippen molar-refractivity contribution in [1.82, 2.24) is 19.7 Å². The second kappa shape index (κ2) is 6.17. The van der Waals surface area contributed by atoms with E-state index in [-0.39, 0.29) is 0 Å². The molecule has 0 atom stereocenters. The molecule has 0 aliphatic heterocycles. The fraction of sp³-hybridized carbons (Fsp3) is 0.462. The van der Waals surface area contributed by atoms with Gasteiger partial charge in [0.1, 0.15) is 17.5 Å². The lowest BCUT2D eigenvalue weighted by molar-refractivity contribution is 0.719. The maximum absolute atomic E-state index is 4.38. The molecule has 0 aliphatic rings. The molecule has 0 unspecified atom stereocenters. The monoisotopic (exact) mass is 260 g/mol. The molecule has 2 aromatic heterocycles. The van der Waals surface area contributed by atoms with Gasteiger partial charge in [-0.05, 0) is 19.4 Å². The molecule has 2 N–H and O–H groups in total. The maximum atomic E-state index is 4.38. The summed E-state index contributed by atoms with van der Waals surface area (Å²) in [4.78, 5) is 8.73.